The lowest BCUT2D eigenvalue weighted by Gasteiger charge is -2.12. The molecule has 1 aromatic heterocycles. The minimum Gasteiger partial charge on any atom is -0.479 e. The quantitative estimate of drug-likeness (QED) is 0.657. The summed E-state index contributed by atoms with van der Waals surface area (Å²) in [5, 5.41) is 11.6. The zero-order valence-electron chi connectivity index (χ0n) is 10.1. The molecular weight excluding hydrogens is 238 g/mol. The van der Waals surface area contributed by atoms with Gasteiger partial charge in [0, 0.05) is 18.4 Å². The molecule has 4 N–H and O–H groups in total. The second kappa shape index (κ2) is 5.97. The van der Waals surface area contributed by atoms with Crippen LogP contribution in [0.5, 0.6) is 0 Å². The van der Waals surface area contributed by atoms with E-state index in [1.165, 1.54) is 13.2 Å². The van der Waals surface area contributed by atoms with Crippen LogP contribution in [-0.4, -0.2) is 41.7 Å². The topological polar surface area (TPSA) is 115 Å². The summed E-state index contributed by atoms with van der Waals surface area (Å²) < 4.78 is 4.76. The van der Waals surface area contributed by atoms with E-state index in [4.69, 9.17) is 15.6 Å². The number of carboxylic acid groups (broad SMARTS) is 1. The molecule has 1 heterocycles. The molecule has 1 aromatic rings. The number of carbonyl (C=O) groups is 2. The molecule has 0 aliphatic heterocycles. The van der Waals surface area contributed by atoms with E-state index in [1.807, 2.05) is 0 Å². The lowest BCUT2D eigenvalue weighted by Crippen LogP contribution is -2.30. The number of ether oxygens (including phenoxy) is 1. The number of hydrogen-bond acceptors (Lipinski definition) is 5. The molecule has 7 heteroatoms. The van der Waals surface area contributed by atoms with Crippen molar-refractivity contribution in [1.29, 1.82) is 0 Å². The van der Waals surface area contributed by atoms with Crippen molar-refractivity contribution in [1.82, 2.24) is 4.98 Å². The van der Waals surface area contributed by atoms with Crippen LogP contribution < -0.4 is 11.1 Å². The Bertz CT molecular complexity index is 462. The minimum atomic E-state index is -1.08. The maximum absolute atomic E-state index is 11.1. The number of amides is 1. The molecular formula is C11H15N3O4. The fourth-order valence-corrected chi connectivity index (χ4v) is 1.37. The molecule has 0 radical (unpaired) electrons. The molecule has 0 spiro atoms. The SMILES string of the molecule is COC(CNc1cc(C(N)=O)cc(C)n1)C(=O)O. The van der Waals surface area contributed by atoms with Crippen LogP contribution in [0.2, 0.25) is 0 Å². The molecule has 0 fully saturated rings. The van der Waals surface area contributed by atoms with E-state index in [0.717, 1.165) is 0 Å². The van der Waals surface area contributed by atoms with Crippen LogP contribution in [0.3, 0.4) is 0 Å². The van der Waals surface area contributed by atoms with E-state index in [0.29, 0.717) is 17.1 Å². The van der Waals surface area contributed by atoms with Crippen LogP contribution >= 0.6 is 0 Å². The summed E-state index contributed by atoms with van der Waals surface area (Å²) in [6, 6.07) is 3.02. The Morgan fingerprint density at radius 3 is 2.72 bits per heavy atom. The first-order valence-electron chi connectivity index (χ1n) is 5.22. The van der Waals surface area contributed by atoms with Gasteiger partial charge in [-0.3, -0.25) is 4.79 Å². The van der Waals surface area contributed by atoms with E-state index in [-0.39, 0.29) is 6.54 Å². The monoisotopic (exact) mass is 253 g/mol. The number of aryl methyl sites for hydroxylation is 1. The standard InChI is InChI=1S/C11H15N3O4/c1-6-3-7(10(12)15)4-9(14-6)13-5-8(18-2)11(16)17/h3-4,8H,5H2,1-2H3,(H2,12,15)(H,13,14)(H,16,17). The summed E-state index contributed by atoms with van der Waals surface area (Å²) in [5.74, 6) is -1.26. The third-order valence-corrected chi connectivity index (χ3v) is 2.27. The average molecular weight is 253 g/mol. The highest BCUT2D eigenvalue weighted by molar-refractivity contribution is 5.93. The molecule has 1 amide bonds. The fourth-order valence-electron chi connectivity index (χ4n) is 1.37. The number of primary amides is 1. The van der Waals surface area contributed by atoms with Gasteiger partial charge in [-0.1, -0.05) is 0 Å². The average Bonchev–Trinajstić information content (AvgIpc) is 2.28. The highest BCUT2D eigenvalue weighted by Crippen LogP contribution is 2.10. The number of carbonyl (C=O) groups excluding carboxylic acids is 1. The Labute approximate surface area is 104 Å². The third kappa shape index (κ3) is 3.70. The largest absolute Gasteiger partial charge is 0.479 e. The number of nitrogens with zero attached hydrogens (tertiary/aromatic N) is 1. The van der Waals surface area contributed by atoms with Gasteiger partial charge in [0.1, 0.15) is 5.82 Å². The first-order chi connectivity index (χ1) is 8.43. The lowest BCUT2D eigenvalue weighted by molar-refractivity contribution is -0.147. The number of anilines is 1. The summed E-state index contributed by atoms with van der Waals surface area (Å²) in [4.78, 5) is 25.9. The molecule has 1 atom stereocenters. The van der Waals surface area contributed by atoms with Crippen molar-refractivity contribution >= 4 is 17.7 Å². The number of carboxylic acids is 1. The zero-order chi connectivity index (χ0) is 13.7. The van der Waals surface area contributed by atoms with Crippen LogP contribution in [0.4, 0.5) is 5.82 Å². The summed E-state index contributed by atoms with van der Waals surface area (Å²) >= 11 is 0. The van der Waals surface area contributed by atoms with Gasteiger partial charge in [0.05, 0.1) is 6.54 Å². The maximum Gasteiger partial charge on any atom is 0.334 e. The first kappa shape index (κ1) is 13.9. The first-order valence-corrected chi connectivity index (χ1v) is 5.22. The van der Waals surface area contributed by atoms with Gasteiger partial charge >= 0.3 is 5.97 Å². The number of nitrogens with one attached hydrogen (secondary N) is 1. The van der Waals surface area contributed by atoms with E-state index in [2.05, 4.69) is 10.3 Å². The summed E-state index contributed by atoms with van der Waals surface area (Å²) in [7, 11) is 1.30. The lowest BCUT2D eigenvalue weighted by atomic mass is 10.2. The van der Waals surface area contributed by atoms with Crippen LogP contribution in [-0.2, 0) is 9.53 Å². The summed E-state index contributed by atoms with van der Waals surface area (Å²) in [5.41, 5.74) is 6.09. The van der Waals surface area contributed by atoms with E-state index in [1.54, 1.807) is 13.0 Å². The maximum atomic E-state index is 11.1. The Hall–Kier alpha value is -2.15. The number of nitrogens with two attached hydrogens (primary N) is 1. The molecule has 98 valence electrons. The van der Waals surface area contributed by atoms with Gasteiger partial charge in [-0.25, -0.2) is 9.78 Å². The van der Waals surface area contributed by atoms with Crippen LogP contribution in [0.25, 0.3) is 0 Å². The van der Waals surface area contributed by atoms with Crippen LogP contribution in [0.1, 0.15) is 16.1 Å². The molecule has 0 aliphatic carbocycles. The van der Waals surface area contributed by atoms with Crippen LogP contribution in [0, 0.1) is 6.92 Å². The van der Waals surface area contributed by atoms with Gasteiger partial charge in [0.25, 0.3) is 0 Å². The van der Waals surface area contributed by atoms with Gasteiger partial charge in [-0.2, -0.15) is 0 Å². The molecule has 0 saturated carbocycles. The second-order valence-electron chi connectivity index (χ2n) is 3.69. The number of rotatable bonds is 6. The fraction of sp³-hybridized carbons (Fsp3) is 0.364. The predicted molar refractivity (Wildman–Crippen MR) is 64.4 cm³/mol. The zero-order valence-corrected chi connectivity index (χ0v) is 10.1. The van der Waals surface area contributed by atoms with Gasteiger partial charge < -0.3 is 20.9 Å². The minimum absolute atomic E-state index is 0.0422. The Kier molecular flexibility index (Phi) is 4.61. The van der Waals surface area contributed by atoms with Crippen molar-refractivity contribution in [3.63, 3.8) is 0 Å². The Morgan fingerprint density at radius 1 is 1.56 bits per heavy atom. The second-order valence-corrected chi connectivity index (χ2v) is 3.69. The Balaban J connectivity index is 2.78. The summed E-state index contributed by atoms with van der Waals surface area (Å²) in [6.45, 7) is 1.75. The highest BCUT2D eigenvalue weighted by atomic mass is 16.5. The van der Waals surface area contributed by atoms with Gasteiger partial charge in [-0.05, 0) is 19.1 Å². The van der Waals surface area contributed by atoms with Crippen molar-refractivity contribution in [2.24, 2.45) is 5.73 Å². The van der Waals surface area contributed by atoms with Crippen molar-refractivity contribution in [3.8, 4) is 0 Å². The van der Waals surface area contributed by atoms with E-state index >= 15 is 0 Å². The molecule has 0 saturated heterocycles. The molecule has 0 bridgehead atoms. The number of aromatic nitrogens is 1. The third-order valence-electron chi connectivity index (χ3n) is 2.27. The molecule has 1 unspecified atom stereocenters. The predicted octanol–water partition coefficient (Wildman–Crippen LogP) is 0.000420. The molecule has 7 nitrogen and oxygen atoms in total. The number of hydrogen-bond donors (Lipinski definition) is 3. The molecule has 1 rings (SSSR count). The van der Waals surface area contributed by atoms with Crippen molar-refractivity contribution in [3.05, 3.63) is 23.4 Å². The molecule has 0 aliphatic rings. The number of aliphatic carboxylic acids is 1. The molecule has 18 heavy (non-hydrogen) atoms. The Morgan fingerprint density at radius 2 is 2.22 bits per heavy atom. The van der Waals surface area contributed by atoms with E-state index in [9.17, 15) is 9.59 Å². The van der Waals surface area contributed by atoms with Crippen molar-refractivity contribution in [2.75, 3.05) is 19.0 Å². The van der Waals surface area contributed by atoms with Crippen LogP contribution in [0.15, 0.2) is 12.1 Å². The van der Waals surface area contributed by atoms with Crippen molar-refractivity contribution < 1.29 is 19.4 Å². The molecule has 0 aromatic carbocycles. The van der Waals surface area contributed by atoms with Gasteiger partial charge in [-0.15, -0.1) is 0 Å². The summed E-state index contributed by atoms with van der Waals surface area (Å²) in [6.07, 6.45) is -0.982. The smallest absolute Gasteiger partial charge is 0.334 e. The number of methoxy groups -OCH3 is 1. The number of pyridine rings is 1. The van der Waals surface area contributed by atoms with E-state index < -0.39 is 18.0 Å². The highest BCUT2D eigenvalue weighted by Gasteiger charge is 2.16. The van der Waals surface area contributed by atoms with Crippen molar-refractivity contribution in [2.45, 2.75) is 13.0 Å². The van der Waals surface area contributed by atoms with Gasteiger partial charge in [0.2, 0.25) is 5.91 Å². The van der Waals surface area contributed by atoms with Gasteiger partial charge in [0.15, 0.2) is 6.10 Å². The normalized spacial score (nSPS) is 11.9.